The van der Waals surface area contributed by atoms with Crippen molar-refractivity contribution in [1.82, 2.24) is 9.80 Å². The molecular formula is C25H32N2O4. The summed E-state index contributed by atoms with van der Waals surface area (Å²) >= 11 is 0. The predicted molar refractivity (Wildman–Crippen MR) is 115 cm³/mol. The average molecular weight is 425 g/mol. The number of fused-ring (bicyclic) bond motifs is 2. The number of amides is 2. The largest absolute Gasteiger partial charge is 0.465 e. The third-order valence-corrected chi connectivity index (χ3v) is 9.56. The number of hydrogen-bond acceptors (Lipinski definition) is 2. The second-order valence-corrected chi connectivity index (χ2v) is 11.0. The van der Waals surface area contributed by atoms with Crippen molar-refractivity contribution >= 4 is 12.2 Å². The van der Waals surface area contributed by atoms with Crippen molar-refractivity contribution in [3.8, 4) is 0 Å². The molecule has 4 bridgehead atoms. The number of likely N-dealkylation sites (tertiary alicyclic amines) is 1. The lowest BCUT2D eigenvalue weighted by Gasteiger charge is -2.60. The summed E-state index contributed by atoms with van der Waals surface area (Å²) in [5.74, 6) is 3.46. The number of nitrogens with zero attached hydrogens (tertiary/aromatic N) is 2. The van der Waals surface area contributed by atoms with E-state index in [-0.39, 0.29) is 11.5 Å². The van der Waals surface area contributed by atoms with Crippen LogP contribution in [0.4, 0.5) is 9.59 Å². The maximum absolute atomic E-state index is 12.6. The van der Waals surface area contributed by atoms with Gasteiger partial charge in [-0.25, -0.2) is 9.59 Å². The summed E-state index contributed by atoms with van der Waals surface area (Å²) in [6, 6.07) is 8.47. The minimum atomic E-state index is -0.875. The highest BCUT2D eigenvalue weighted by Crippen LogP contribution is 2.62. The van der Waals surface area contributed by atoms with E-state index in [0.29, 0.717) is 50.2 Å². The normalized spacial score (nSPS) is 37.7. The van der Waals surface area contributed by atoms with E-state index in [0.717, 1.165) is 11.8 Å². The topological polar surface area (TPSA) is 81.1 Å². The van der Waals surface area contributed by atoms with Crippen molar-refractivity contribution in [3.63, 3.8) is 0 Å². The molecule has 2 heterocycles. The van der Waals surface area contributed by atoms with Gasteiger partial charge in [0.15, 0.2) is 0 Å². The zero-order chi connectivity index (χ0) is 21.3. The van der Waals surface area contributed by atoms with Gasteiger partial charge in [0.2, 0.25) is 0 Å². The second-order valence-electron chi connectivity index (χ2n) is 11.0. The molecule has 1 spiro atoms. The molecule has 31 heavy (non-hydrogen) atoms. The standard InChI is InChI=1S/C25H32N2O4/c28-23(29)26-7-5-25(6-8-26)14-27(24(30)31)22(19-3-1-2-4-20(19)25)21-17-10-15-9-16(12-17)13-18(21)11-15/h1-4,15-18,21-22H,5-14H2,(H,28,29)(H,30,31). The number of benzene rings is 1. The molecule has 0 aromatic heterocycles. The van der Waals surface area contributed by atoms with E-state index in [1.54, 1.807) is 4.90 Å². The minimum Gasteiger partial charge on any atom is -0.465 e. The van der Waals surface area contributed by atoms with Crippen LogP contribution in [0.15, 0.2) is 24.3 Å². The van der Waals surface area contributed by atoms with Gasteiger partial charge in [0, 0.05) is 25.0 Å². The van der Waals surface area contributed by atoms with Crippen LogP contribution in [0.5, 0.6) is 0 Å². The van der Waals surface area contributed by atoms with E-state index in [2.05, 4.69) is 24.3 Å². The van der Waals surface area contributed by atoms with E-state index in [4.69, 9.17) is 0 Å². The summed E-state index contributed by atoms with van der Waals surface area (Å²) in [4.78, 5) is 27.3. The first-order chi connectivity index (χ1) is 14.9. The fraction of sp³-hybridized carbons (Fsp3) is 0.680. The number of carbonyl (C=O) groups is 2. The van der Waals surface area contributed by atoms with Gasteiger partial charge in [-0.1, -0.05) is 24.3 Å². The number of carboxylic acid groups (broad SMARTS) is 2. The van der Waals surface area contributed by atoms with Crippen LogP contribution in [-0.2, 0) is 5.41 Å². The van der Waals surface area contributed by atoms with E-state index in [1.165, 1.54) is 48.1 Å². The molecule has 2 N–H and O–H groups in total. The molecule has 1 atom stereocenters. The van der Waals surface area contributed by atoms with E-state index >= 15 is 0 Å². The molecule has 6 aliphatic rings. The van der Waals surface area contributed by atoms with E-state index < -0.39 is 12.2 Å². The van der Waals surface area contributed by atoms with Gasteiger partial charge in [0.05, 0.1) is 6.04 Å². The highest BCUT2D eigenvalue weighted by molar-refractivity contribution is 5.68. The Morgan fingerprint density at radius 1 is 0.871 bits per heavy atom. The first-order valence-electron chi connectivity index (χ1n) is 12.0. The lowest BCUT2D eigenvalue weighted by atomic mass is 9.49. The molecule has 6 heteroatoms. The number of rotatable bonds is 1. The van der Waals surface area contributed by atoms with Crippen molar-refractivity contribution in [2.75, 3.05) is 19.6 Å². The molecule has 4 aliphatic carbocycles. The molecule has 166 valence electrons. The SMILES string of the molecule is O=C(O)N1CCC2(CC1)CN(C(=O)O)C(C1C3CC4CC(C3)CC1C4)c1ccccc12. The number of piperidine rings is 1. The molecule has 1 unspecified atom stereocenters. The van der Waals surface area contributed by atoms with Crippen LogP contribution in [0, 0.1) is 29.6 Å². The molecule has 0 radical (unpaired) electrons. The van der Waals surface area contributed by atoms with Crippen LogP contribution in [0.2, 0.25) is 0 Å². The molecular weight excluding hydrogens is 392 g/mol. The smallest absolute Gasteiger partial charge is 0.407 e. The van der Waals surface area contributed by atoms with Crippen LogP contribution in [0.1, 0.15) is 62.1 Å². The zero-order valence-corrected chi connectivity index (χ0v) is 17.9. The third kappa shape index (κ3) is 2.90. The molecule has 4 saturated carbocycles. The Hall–Kier alpha value is -2.24. The Balaban J connectivity index is 1.41. The molecule has 2 aliphatic heterocycles. The monoisotopic (exact) mass is 424 g/mol. The average Bonchev–Trinajstić information content (AvgIpc) is 2.74. The fourth-order valence-corrected chi connectivity index (χ4v) is 8.55. The van der Waals surface area contributed by atoms with Gasteiger partial charge in [-0.3, -0.25) is 0 Å². The van der Waals surface area contributed by atoms with Crippen molar-refractivity contribution in [2.45, 2.75) is 56.4 Å². The van der Waals surface area contributed by atoms with Crippen molar-refractivity contribution < 1.29 is 19.8 Å². The zero-order valence-electron chi connectivity index (χ0n) is 17.9. The predicted octanol–water partition coefficient (Wildman–Crippen LogP) is 4.81. The molecule has 1 aromatic carbocycles. The summed E-state index contributed by atoms with van der Waals surface area (Å²) in [6.07, 6.45) is 6.21. The quantitative estimate of drug-likeness (QED) is 0.678. The van der Waals surface area contributed by atoms with Gasteiger partial charge in [0.25, 0.3) is 0 Å². The summed E-state index contributed by atoms with van der Waals surface area (Å²) in [6.45, 7) is 1.44. The molecule has 1 aromatic rings. The Morgan fingerprint density at radius 2 is 1.48 bits per heavy atom. The van der Waals surface area contributed by atoms with E-state index in [9.17, 15) is 19.8 Å². The Kier molecular flexibility index (Phi) is 4.31. The molecule has 7 rings (SSSR count). The van der Waals surface area contributed by atoms with Crippen LogP contribution >= 0.6 is 0 Å². The summed E-state index contributed by atoms with van der Waals surface area (Å²) in [5.41, 5.74) is 2.22. The van der Waals surface area contributed by atoms with Gasteiger partial charge >= 0.3 is 12.2 Å². The lowest BCUT2D eigenvalue weighted by Crippen LogP contribution is -2.58. The minimum absolute atomic E-state index is 0.0492. The van der Waals surface area contributed by atoms with Crippen LogP contribution in [0.25, 0.3) is 0 Å². The Bertz CT molecular complexity index is 879. The highest BCUT2D eigenvalue weighted by Gasteiger charge is 2.56. The van der Waals surface area contributed by atoms with E-state index in [1.807, 2.05) is 0 Å². The third-order valence-electron chi connectivity index (χ3n) is 9.56. The van der Waals surface area contributed by atoms with Gasteiger partial charge in [-0.05, 0) is 85.7 Å². The van der Waals surface area contributed by atoms with Gasteiger partial charge in [-0.2, -0.15) is 0 Å². The van der Waals surface area contributed by atoms with Crippen molar-refractivity contribution in [2.24, 2.45) is 29.6 Å². The first-order valence-corrected chi connectivity index (χ1v) is 12.0. The maximum atomic E-state index is 12.6. The summed E-state index contributed by atoms with van der Waals surface area (Å²) < 4.78 is 0. The Labute approximate surface area is 183 Å². The second kappa shape index (κ2) is 6.88. The van der Waals surface area contributed by atoms with Gasteiger partial charge in [-0.15, -0.1) is 0 Å². The lowest BCUT2D eigenvalue weighted by molar-refractivity contribution is -0.0790. The van der Waals surface area contributed by atoms with Crippen LogP contribution in [0.3, 0.4) is 0 Å². The van der Waals surface area contributed by atoms with Crippen LogP contribution in [-0.4, -0.2) is 51.8 Å². The molecule has 6 nitrogen and oxygen atoms in total. The fourth-order valence-electron chi connectivity index (χ4n) is 8.55. The van der Waals surface area contributed by atoms with Crippen LogP contribution < -0.4 is 0 Å². The summed E-state index contributed by atoms with van der Waals surface area (Å²) in [5, 5.41) is 19.8. The molecule has 5 fully saturated rings. The Morgan fingerprint density at radius 3 is 2.06 bits per heavy atom. The van der Waals surface area contributed by atoms with Gasteiger partial charge in [0.1, 0.15) is 0 Å². The number of hydrogen-bond donors (Lipinski definition) is 2. The first kappa shape index (κ1) is 19.4. The van der Waals surface area contributed by atoms with Crippen molar-refractivity contribution in [3.05, 3.63) is 35.4 Å². The maximum Gasteiger partial charge on any atom is 0.407 e. The molecule has 1 saturated heterocycles. The summed E-state index contributed by atoms with van der Waals surface area (Å²) in [7, 11) is 0. The van der Waals surface area contributed by atoms with Crippen molar-refractivity contribution in [1.29, 1.82) is 0 Å². The molecule has 2 amide bonds. The highest BCUT2D eigenvalue weighted by atomic mass is 16.4. The van der Waals surface area contributed by atoms with Gasteiger partial charge < -0.3 is 20.0 Å².